The number of halogens is 3. The first-order valence-corrected chi connectivity index (χ1v) is 9.48. The van der Waals surface area contributed by atoms with E-state index >= 15 is 0 Å². The van der Waals surface area contributed by atoms with E-state index in [0.717, 1.165) is 17.8 Å². The summed E-state index contributed by atoms with van der Waals surface area (Å²) in [6, 6.07) is 15.5. The zero-order valence-electron chi connectivity index (χ0n) is 16.6. The highest BCUT2D eigenvalue weighted by Crippen LogP contribution is 2.32. The summed E-state index contributed by atoms with van der Waals surface area (Å²) in [7, 11) is 1.56. The number of ether oxygens (including phenoxy) is 2. The second-order valence-electron chi connectivity index (χ2n) is 7.00. The van der Waals surface area contributed by atoms with Gasteiger partial charge < -0.3 is 18.9 Å². The SMILES string of the molecule is COc1ccc(O/C=C2\c3cccn3CC(=O)N2Cc2cccc(C(F)(F)F)c2)cc1. The molecule has 0 atom stereocenters. The van der Waals surface area contributed by atoms with Crippen molar-refractivity contribution < 1.29 is 27.4 Å². The fourth-order valence-electron chi connectivity index (χ4n) is 3.39. The topological polar surface area (TPSA) is 43.7 Å². The molecule has 31 heavy (non-hydrogen) atoms. The number of rotatable bonds is 5. The van der Waals surface area contributed by atoms with Crippen molar-refractivity contribution in [2.45, 2.75) is 19.3 Å². The lowest BCUT2D eigenvalue weighted by molar-refractivity contribution is -0.137. The Labute approximate surface area is 176 Å². The molecule has 0 saturated heterocycles. The highest BCUT2D eigenvalue weighted by molar-refractivity contribution is 5.89. The number of hydrogen-bond donors (Lipinski definition) is 0. The lowest BCUT2D eigenvalue weighted by Crippen LogP contribution is -2.37. The van der Waals surface area contributed by atoms with Crippen LogP contribution in [0.2, 0.25) is 0 Å². The summed E-state index contributed by atoms with van der Waals surface area (Å²) in [6.45, 7) is 0.0902. The molecule has 1 aliphatic heterocycles. The van der Waals surface area contributed by atoms with Crippen molar-refractivity contribution >= 4 is 11.6 Å². The largest absolute Gasteiger partial charge is 0.497 e. The maximum absolute atomic E-state index is 13.1. The summed E-state index contributed by atoms with van der Waals surface area (Å²) in [5.74, 6) is 0.960. The van der Waals surface area contributed by atoms with Crippen LogP contribution in [0.4, 0.5) is 13.2 Å². The maximum atomic E-state index is 13.1. The third kappa shape index (κ3) is 4.42. The fraction of sp³-hybridized carbons (Fsp3) is 0.174. The van der Waals surface area contributed by atoms with Gasteiger partial charge in [0.25, 0.3) is 0 Å². The molecule has 0 spiro atoms. The van der Waals surface area contributed by atoms with Crippen LogP contribution in [-0.4, -0.2) is 22.5 Å². The van der Waals surface area contributed by atoms with E-state index in [4.69, 9.17) is 9.47 Å². The third-order valence-corrected chi connectivity index (χ3v) is 4.95. The Kier molecular flexibility index (Phi) is 5.46. The van der Waals surface area contributed by atoms with Gasteiger partial charge in [-0.3, -0.25) is 4.79 Å². The number of alkyl halides is 3. The molecule has 2 heterocycles. The molecule has 0 aliphatic carbocycles. The Bertz CT molecular complexity index is 1120. The zero-order valence-corrected chi connectivity index (χ0v) is 16.6. The molecule has 0 N–H and O–H groups in total. The van der Waals surface area contributed by atoms with Gasteiger partial charge in [-0.2, -0.15) is 13.2 Å². The second kappa shape index (κ2) is 8.22. The van der Waals surface area contributed by atoms with Gasteiger partial charge in [-0.25, -0.2) is 0 Å². The summed E-state index contributed by atoms with van der Waals surface area (Å²) in [6.07, 6.45) is -1.23. The average Bonchev–Trinajstić information content (AvgIpc) is 3.21. The summed E-state index contributed by atoms with van der Waals surface area (Å²) >= 11 is 0. The molecule has 3 aromatic rings. The molecule has 160 valence electrons. The Morgan fingerprint density at radius 3 is 2.48 bits per heavy atom. The molecule has 0 radical (unpaired) electrons. The van der Waals surface area contributed by atoms with Crippen molar-refractivity contribution in [2.75, 3.05) is 7.11 Å². The van der Waals surface area contributed by atoms with E-state index in [9.17, 15) is 18.0 Å². The van der Waals surface area contributed by atoms with Gasteiger partial charge in [-0.1, -0.05) is 12.1 Å². The van der Waals surface area contributed by atoms with Crippen LogP contribution < -0.4 is 9.47 Å². The van der Waals surface area contributed by atoms with Crippen molar-refractivity contribution in [3.8, 4) is 11.5 Å². The highest BCUT2D eigenvalue weighted by Gasteiger charge is 2.32. The van der Waals surface area contributed by atoms with Gasteiger partial charge in [0.15, 0.2) is 0 Å². The molecule has 1 aliphatic rings. The molecular weight excluding hydrogens is 409 g/mol. The monoisotopic (exact) mass is 428 g/mol. The summed E-state index contributed by atoms with van der Waals surface area (Å²) < 4.78 is 51.9. The van der Waals surface area contributed by atoms with E-state index in [2.05, 4.69) is 0 Å². The fourth-order valence-corrected chi connectivity index (χ4v) is 3.39. The van der Waals surface area contributed by atoms with Crippen LogP contribution in [0, 0.1) is 0 Å². The number of fused-ring (bicyclic) bond motifs is 1. The summed E-state index contributed by atoms with van der Waals surface area (Å²) in [4.78, 5) is 14.3. The zero-order chi connectivity index (χ0) is 22.0. The summed E-state index contributed by atoms with van der Waals surface area (Å²) in [5.41, 5.74) is 0.825. The van der Waals surface area contributed by atoms with Crippen molar-refractivity contribution in [3.63, 3.8) is 0 Å². The van der Waals surface area contributed by atoms with Crippen LogP contribution in [0.25, 0.3) is 5.70 Å². The summed E-state index contributed by atoms with van der Waals surface area (Å²) in [5, 5.41) is 0. The van der Waals surface area contributed by atoms with E-state index in [1.807, 2.05) is 6.07 Å². The van der Waals surface area contributed by atoms with Gasteiger partial charge in [0.05, 0.1) is 24.9 Å². The lowest BCUT2D eigenvalue weighted by atomic mass is 10.1. The Hall–Kier alpha value is -3.68. The molecule has 8 heteroatoms. The first kappa shape index (κ1) is 20.6. The van der Waals surface area contributed by atoms with Gasteiger partial charge in [-0.05, 0) is 54.1 Å². The number of carbonyl (C=O) groups is 1. The van der Waals surface area contributed by atoms with E-state index in [0.29, 0.717) is 22.8 Å². The number of aromatic nitrogens is 1. The number of methoxy groups -OCH3 is 1. The average molecular weight is 428 g/mol. The van der Waals surface area contributed by atoms with Crippen LogP contribution in [-0.2, 0) is 24.1 Å². The first-order valence-electron chi connectivity index (χ1n) is 9.48. The lowest BCUT2D eigenvalue weighted by Gasteiger charge is -2.31. The van der Waals surface area contributed by atoms with E-state index in [1.165, 1.54) is 17.2 Å². The van der Waals surface area contributed by atoms with Crippen LogP contribution in [0.15, 0.2) is 73.1 Å². The quantitative estimate of drug-likeness (QED) is 0.541. The van der Waals surface area contributed by atoms with Crippen LogP contribution in [0.5, 0.6) is 11.5 Å². The molecule has 0 fully saturated rings. The predicted molar refractivity (Wildman–Crippen MR) is 108 cm³/mol. The first-order chi connectivity index (χ1) is 14.8. The predicted octanol–water partition coefficient (Wildman–Crippen LogP) is 4.94. The van der Waals surface area contributed by atoms with Crippen molar-refractivity contribution in [1.82, 2.24) is 9.47 Å². The molecule has 1 aromatic heterocycles. The van der Waals surface area contributed by atoms with Gasteiger partial charge in [0.1, 0.15) is 30.0 Å². The third-order valence-electron chi connectivity index (χ3n) is 4.95. The van der Waals surface area contributed by atoms with E-state index in [-0.39, 0.29) is 19.0 Å². The van der Waals surface area contributed by atoms with Crippen molar-refractivity contribution in [2.24, 2.45) is 0 Å². The highest BCUT2D eigenvalue weighted by atomic mass is 19.4. The minimum atomic E-state index is -4.45. The number of amides is 1. The minimum absolute atomic E-state index is 0.00820. The van der Waals surface area contributed by atoms with E-state index in [1.54, 1.807) is 54.3 Å². The molecule has 0 bridgehead atoms. The number of hydrogen-bond acceptors (Lipinski definition) is 3. The molecule has 1 amide bonds. The number of benzene rings is 2. The standard InChI is InChI=1S/C23H19F3N2O3/c1-30-18-7-9-19(10-8-18)31-15-21-20-6-3-11-27(20)14-22(29)28(21)13-16-4-2-5-17(12-16)23(24,25)26/h2-12,15H,13-14H2,1H3/b21-15+. The van der Waals surface area contributed by atoms with Crippen molar-refractivity contribution in [3.05, 3.63) is 89.9 Å². The minimum Gasteiger partial charge on any atom is -0.497 e. The molecule has 5 nitrogen and oxygen atoms in total. The molecule has 2 aromatic carbocycles. The van der Waals surface area contributed by atoms with E-state index < -0.39 is 11.7 Å². The Morgan fingerprint density at radius 1 is 1.03 bits per heavy atom. The number of nitrogens with zero attached hydrogens (tertiary/aromatic N) is 2. The van der Waals surface area contributed by atoms with Crippen LogP contribution >= 0.6 is 0 Å². The van der Waals surface area contributed by atoms with Gasteiger partial charge in [-0.15, -0.1) is 0 Å². The molecular formula is C23H19F3N2O3. The molecule has 0 saturated carbocycles. The maximum Gasteiger partial charge on any atom is 0.416 e. The normalized spacial score (nSPS) is 15.2. The van der Waals surface area contributed by atoms with Crippen molar-refractivity contribution in [1.29, 1.82) is 0 Å². The smallest absolute Gasteiger partial charge is 0.416 e. The second-order valence-corrected chi connectivity index (χ2v) is 7.00. The van der Waals surface area contributed by atoms with Gasteiger partial charge >= 0.3 is 6.18 Å². The van der Waals surface area contributed by atoms with Gasteiger partial charge in [0.2, 0.25) is 5.91 Å². The number of carbonyl (C=O) groups excluding carboxylic acids is 1. The van der Waals surface area contributed by atoms with Crippen LogP contribution in [0.1, 0.15) is 16.8 Å². The van der Waals surface area contributed by atoms with Gasteiger partial charge in [0, 0.05) is 6.20 Å². The Morgan fingerprint density at radius 2 is 1.77 bits per heavy atom. The molecule has 0 unspecified atom stereocenters. The van der Waals surface area contributed by atoms with Crippen LogP contribution in [0.3, 0.4) is 0 Å². The Balaban J connectivity index is 1.65. The molecule has 4 rings (SSSR count).